The van der Waals surface area contributed by atoms with Crippen LogP contribution in [-0.2, 0) is 11.0 Å². The number of thioether (sulfide) groups is 1. The number of hydrogen-bond donors (Lipinski definition) is 1. The maximum Gasteiger partial charge on any atom is 0.416 e. The van der Waals surface area contributed by atoms with Crippen LogP contribution in [0.4, 0.5) is 13.2 Å². The molecule has 0 aliphatic heterocycles. The van der Waals surface area contributed by atoms with E-state index in [2.05, 4.69) is 11.8 Å². The molecule has 0 aliphatic carbocycles. The molecule has 0 radical (unpaired) electrons. The van der Waals surface area contributed by atoms with E-state index in [0.29, 0.717) is 6.07 Å². The van der Waals surface area contributed by atoms with Crippen LogP contribution in [0.25, 0.3) is 0 Å². The van der Waals surface area contributed by atoms with Crippen molar-refractivity contribution in [2.75, 3.05) is 5.75 Å². The summed E-state index contributed by atoms with van der Waals surface area (Å²) in [7, 11) is 0. The maximum atomic E-state index is 12.3. The number of carbonyl (C=O) groups is 1. The molecule has 0 amide bonds. The first-order valence-electron chi connectivity index (χ1n) is 4.83. The number of hydrogen-bond acceptors (Lipinski definition) is 3. The largest absolute Gasteiger partial charge is 0.507 e. The molecule has 1 rings (SSSR count). The Morgan fingerprint density at radius 2 is 2.11 bits per heavy atom. The van der Waals surface area contributed by atoms with Gasteiger partial charge >= 0.3 is 6.18 Å². The predicted molar refractivity (Wildman–Crippen MR) is 63.1 cm³/mol. The fraction of sp³-hybridized carbons (Fsp3) is 0.250. The lowest BCUT2D eigenvalue weighted by Crippen LogP contribution is -2.04. The molecule has 0 spiro atoms. The molecule has 0 unspecified atom stereocenters. The van der Waals surface area contributed by atoms with Crippen LogP contribution in [-0.4, -0.2) is 16.0 Å². The molecule has 0 heterocycles. The Bertz CT molecular complexity index is 512. The van der Waals surface area contributed by atoms with Crippen LogP contribution in [0.3, 0.4) is 0 Å². The summed E-state index contributed by atoms with van der Waals surface area (Å²) in [5.74, 6) is 4.80. The molecule has 0 bridgehead atoms. The maximum absolute atomic E-state index is 12.3. The fourth-order valence-electron chi connectivity index (χ4n) is 1.08. The number of halogens is 3. The Hall–Kier alpha value is -1.61. The Morgan fingerprint density at radius 3 is 2.61 bits per heavy atom. The van der Waals surface area contributed by atoms with E-state index >= 15 is 0 Å². The van der Waals surface area contributed by atoms with E-state index < -0.39 is 17.5 Å². The highest BCUT2D eigenvalue weighted by Gasteiger charge is 2.30. The van der Waals surface area contributed by atoms with E-state index in [0.717, 1.165) is 23.9 Å². The van der Waals surface area contributed by atoms with Crippen molar-refractivity contribution >= 4 is 16.9 Å². The third-order valence-electron chi connectivity index (χ3n) is 1.90. The van der Waals surface area contributed by atoms with Gasteiger partial charge in [-0.3, -0.25) is 4.79 Å². The first kappa shape index (κ1) is 14.5. The van der Waals surface area contributed by atoms with Gasteiger partial charge in [0.25, 0.3) is 0 Å². The molecule has 0 atom stereocenters. The van der Waals surface area contributed by atoms with Crippen molar-refractivity contribution in [3.8, 4) is 17.6 Å². The molecule has 0 fully saturated rings. The Balaban J connectivity index is 2.83. The van der Waals surface area contributed by atoms with Crippen LogP contribution in [0.2, 0.25) is 0 Å². The van der Waals surface area contributed by atoms with Crippen molar-refractivity contribution in [2.45, 2.75) is 13.1 Å². The van der Waals surface area contributed by atoms with Crippen LogP contribution < -0.4 is 0 Å². The summed E-state index contributed by atoms with van der Waals surface area (Å²) in [5.41, 5.74) is -0.823. The lowest BCUT2D eigenvalue weighted by atomic mass is 10.1. The van der Waals surface area contributed by atoms with Crippen LogP contribution in [0.1, 0.15) is 18.1 Å². The van der Waals surface area contributed by atoms with E-state index in [-0.39, 0.29) is 16.4 Å². The molecule has 1 N–H and O–H groups in total. The van der Waals surface area contributed by atoms with E-state index in [1.807, 2.05) is 0 Å². The van der Waals surface area contributed by atoms with Gasteiger partial charge in [-0.15, -0.1) is 0 Å². The van der Waals surface area contributed by atoms with Crippen LogP contribution in [0.15, 0.2) is 18.2 Å². The summed E-state index contributed by atoms with van der Waals surface area (Å²) >= 11 is 0.990. The van der Waals surface area contributed by atoms with Gasteiger partial charge in [0.1, 0.15) is 5.75 Å². The minimum Gasteiger partial charge on any atom is -0.507 e. The van der Waals surface area contributed by atoms with Crippen molar-refractivity contribution in [1.82, 2.24) is 0 Å². The summed E-state index contributed by atoms with van der Waals surface area (Å²) in [6.45, 7) is 1.39. The van der Waals surface area contributed by atoms with Crippen molar-refractivity contribution in [1.29, 1.82) is 0 Å². The zero-order valence-electron chi connectivity index (χ0n) is 9.34. The molecular weight excluding hydrogens is 265 g/mol. The number of phenolic OH excluding ortho intramolecular Hbond substituents is 1. The van der Waals surface area contributed by atoms with Gasteiger partial charge in [-0.25, -0.2) is 0 Å². The van der Waals surface area contributed by atoms with Crippen molar-refractivity contribution in [3.05, 3.63) is 29.3 Å². The smallest absolute Gasteiger partial charge is 0.416 e. The number of benzene rings is 1. The highest BCUT2D eigenvalue weighted by Crippen LogP contribution is 2.32. The first-order chi connectivity index (χ1) is 8.30. The van der Waals surface area contributed by atoms with Crippen LogP contribution >= 0.6 is 11.8 Å². The highest BCUT2D eigenvalue weighted by molar-refractivity contribution is 8.13. The van der Waals surface area contributed by atoms with E-state index in [1.165, 1.54) is 6.92 Å². The van der Waals surface area contributed by atoms with Gasteiger partial charge in [-0.2, -0.15) is 13.2 Å². The van der Waals surface area contributed by atoms with Gasteiger partial charge in [0.05, 0.1) is 16.9 Å². The fourth-order valence-corrected chi connectivity index (χ4v) is 1.43. The summed E-state index contributed by atoms with van der Waals surface area (Å²) < 4.78 is 36.9. The van der Waals surface area contributed by atoms with Gasteiger partial charge in [0.2, 0.25) is 0 Å². The predicted octanol–water partition coefficient (Wildman–Crippen LogP) is 3.04. The van der Waals surface area contributed by atoms with E-state index in [1.54, 1.807) is 0 Å². The Labute approximate surface area is 106 Å². The van der Waals surface area contributed by atoms with E-state index in [4.69, 9.17) is 0 Å². The van der Waals surface area contributed by atoms with Gasteiger partial charge in [0, 0.05) is 6.92 Å². The number of phenols is 1. The molecule has 1 aromatic carbocycles. The molecule has 2 nitrogen and oxygen atoms in total. The minimum absolute atomic E-state index is 0.0964. The van der Waals surface area contributed by atoms with Crippen LogP contribution in [0.5, 0.6) is 5.75 Å². The average Bonchev–Trinajstić information content (AvgIpc) is 2.24. The van der Waals surface area contributed by atoms with Crippen LogP contribution in [0, 0.1) is 11.8 Å². The third-order valence-corrected chi connectivity index (χ3v) is 2.59. The van der Waals surface area contributed by atoms with Gasteiger partial charge < -0.3 is 5.11 Å². The SMILES string of the molecule is CC(=O)SCC#Cc1ccc(C(F)(F)F)cc1O. The Morgan fingerprint density at radius 1 is 1.44 bits per heavy atom. The second-order valence-corrected chi connectivity index (χ2v) is 4.46. The number of rotatable bonds is 1. The topological polar surface area (TPSA) is 37.3 Å². The molecule has 0 aromatic heterocycles. The molecule has 0 aliphatic rings. The molecule has 18 heavy (non-hydrogen) atoms. The lowest BCUT2D eigenvalue weighted by molar-refractivity contribution is -0.137. The summed E-state index contributed by atoms with van der Waals surface area (Å²) in [4.78, 5) is 10.6. The molecule has 6 heteroatoms. The van der Waals surface area contributed by atoms with Gasteiger partial charge in [-0.05, 0) is 18.2 Å². The second kappa shape index (κ2) is 5.83. The number of aromatic hydroxyl groups is 1. The quantitative estimate of drug-likeness (QED) is 0.800. The molecule has 96 valence electrons. The molecule has 0 saturated carbocycles. The first-order valence-corrected chi connectivity index (χ1v) is 5.81. The summed E-state index contributed by atoms with van der Waals surface area (Å²) in [5, 5.41) is 9.29. The van der Waals surface area contributed by atoms with Gasteiger partial charge in [-0.1, -0.05) is 23.6 Å². The number of carbonyl (C=O) groups excluding carboxylic acids is 1. The van der Waals surface area contributed by atoms with Crippen molar-refractivity contribution in [3.63, 3.8) is 0 Å². The lowest BCUT2D eigenvalue weighted by Gasteiger charge is -2.07. The summed E-state index contributed by atoms with van der Waals surface area (Å²) in [6.07, 6.45) is -4.49. The molecular formula is C12H9F3O2S. The van der Waals surface area contributed by atoms with Crippen molar-refractivity contribution in [2.24, 2.45) is 0 Å². The summed E-state index contributed by atoms with van der Waals surface area (Å²) in [6, 6.07) is 2.58. The minimum atomic E-state index is -4.49. The van der Waals surface area contributed by atoms with E-state index in [9.17, 15) is 23.1 Å². The molecule has 0 saturated heterocycles. The average molecular weight is 274 g/mol. The zero-order valence-corrected chi connectivity index (χ0v) is 10.2. The normalized spacial score (nSPS) is 10.7. The second-order valence-electron chi connectivity index (χ2n) is 3.31. The van der Waals surface area contributed by atoms with Crippen molar-refractivity contribution < 1.29 is 23.1 Å². The third kappa shape index (κ3) is 4.34. The molecule has 1 aromatic rings. The highest BCUT2D eigenvalue weighted by atomic mass is 32.2. The number of alkyl halides is 3. The monoisotopic (exact) mass is 274 g/mol. The zero-order chi connectivity index (χ0) is 13.8. The van der Waals surface area contributed by atoms with Gasteiger partial charge in [0.15, 0.2) is 5.12 Å². The standard InChI is InChI=1S/C12H9F3O2S/c1-8(16)18-6-2-3-9-4-5-10(7-11(9)17)12(13,14)15/h4-5,7,17H,6H2,1H3. The Kier molecular flexibility index (Phi) is 4.68.